The molecule has 0 saturated carbocycles. The van der Waals surface area contributed by atoms with Crippen molar-refractivity contribution in [2.75, 3.05) is 43.0 Å². The van der Waals surface area contributed by atoms with Gasteiger partial charge in [0.25, 0.3) is 0 Å². The Labute approximate surface area is 115 Å². The third-order valence-corrected chi connectivity index (χ3v) is 3.54. The van der Waals surface area contributed by atoms with Crippen molar-refractivity contribution >= 4 is 11.6 Å². The maximum Gasteiger partial charge on any atom is 0.145 e. The first-order chi connectivity index (χ1) is 9.13. The maximum atomic E-state index is 5.49. The zero-order chi connectivity index (χ0) is 13.8. The lowest BCUT2D eigenvalue weighted by Crippen LogP contribution is -2.46. The summed E-state index contributed by atoms with van der Waals surface area (Å²) in [6.07, 6.45) is 0. The minimum atomic E-state index is 0.295. The van der Waals surface area contributed by atoms with Gasteiger partial charge in [0.05, 0.1) is 0 Å². The zero-order valence-corrected chi connectivity index (χ0v) is 12.1. The van der Waals surface area contributed by atoms with E-state index in [2.05, 4.69) is 46.0 Å². The van der Waals surface area contributed by atoms with Crippen molar-refractivity contribution in [2.45, 2.75) is 26.7 Å². The second kappa shape index (κ2) is 6.16. The molecule has 0 bridgehead atoms. The van der Waals surface area contributed by atoms with Crippen LogP contribution in [0.2, 0.25) is 0 Å². The fourth-order valence-corrected chi connectivity index (χ4v) is 2.24. The Kier molecular flexibility index (Phi) is 4.55. The van der Waals surface area contributed by atoms with Gasteiger partial charge in [-0.3, -0.25) is 0 Å². The average Bonchev–Trinajstić information content (AvgIpc) is 2.46. The number of piperazine rings is 1. The predicted octanol–water partition coefficient (Wildman–Crippen LogP) is 1.03. The van der Waals surface area contributed by atoms with Gasteiger partial charge >= 0.3 is 0 Å². The molecule has 19 heavy (non-hydrogen) atoms. The van der Waals surface area contributed by atoms with Crippen LogP contribution in [0.15, 0.2) is 6.07 Å². The van der Waals surface area contributed by atoms with Crippen molar-refractivity contribution in [3.8, 4) is 0 Å². The van der Waals surface area contributed by atoms with Crippen LogP contribution in [0, 0.1) is 0 Å². The molecule has 1 aliphatic rings. The van der Waals surface area contributed by atoms with Gasteiger partial charge in [0.2, 0.25) is 0 Å². The summed E-state index contributed by atoms with van der Waals surface area (Å²) in [4.78, 5) is 13.8. The zero-order valence-electron chi connectivity index (χ0n) is 12.1. The third-order valence-electron chi connectivity index (χ3n) is 3.54. The Balaban J connectivity index is 2.17. The fraction of sp³-hybridized carbons (Fsp3) is 0.692. The van der Waals surface area contributed by atoms with E-state index in [9.17, 15) is 0 Å². The molecule has 1 aromatic rings. The highest BCUT2D eigenvalue weighted by Gasteiger charge is 2.18. The topological polar surface area (TPSA) is 70.3 Å². The number of nitrogens with one attached hydrogen (secondary N) is 1. The molecule has 6 nitrogen and oxygen atoms in total. The molecule has 2 heterocycles. The van der Waals surface area contributed by atoms with E-state index in [-0.39, 0.29) is 0 Å². The second-order valence-corrected chi connectivity index (χ2v) is 5.19. The molecular weight excluding hydrogens is 240 g/mol. The van der Waals surface area contributed by atoms with E-state index in [0.717, 1.165) is 44.4 Å². The number of anilines is 2. The average molecular weight is 264 g/mol. The smallest absolute Gasteiger partial charge is 0.145 e. The van der Waals surface area contributed by atoms with Crippen LogP contribution in [0.3, 0.4) is 0 Å². The van der Waals surface area contributed by atoms with E-state index < -0.39 is 0 Å². The summed E-state index contributed by atoms with van der Waals surface area (Å²) < 4.78 is 0. The number of likely N-dealkylation sites (N-methyl/N-ethyl adjacent to an activating group) is 1. The molecule has 0 aromatic carbocycles. The number of hydrogen-bond acceptors (Lipinski definition) is 6. The SMILES string of the molecule is CCN1CCN(c2cc(NN)nc(C(C)C)n2)CC1. The summed E-state index contributed by atoms with van der Waals surface area (Å²) in [5.74, 6) is 8.29. The lowest BCUT2D eigenvalue weighted by atomic mass is 10.2. The van der Waals surface area contributed by atoms with Crippen LogP contribution in [0.4, 0.5) is 11.6 Å². The van der Waals surface area contributed by atoms with Gasteiger partial charge in [0.15, 0.2) is 0 Å². The first-order valence-electron chi connectivity index (χ1n) is 6.97. The van der Waals surface area contributed by atoms with E-state index in [0.29, 0.717) is 11.7 Å². The van der Waals surface area contributed by atoms with E-state index in [1.54, 1.807) is 0 Å². The Morgan fingerprint density at radius 2 is 1.95 bits per heavy atom. The third kappa shape index (κ3) is 3.33. The number of hydrogen-bond donors (Lipinski definition) is 2. The van der Waals surface area contributed by atoms with Gasteiger partial charge in [0.1, 0.15) is 17.5 Å². The molecule has 0 atom stereocenters. The molecule has 0 amide bonds. The van der Waals surface area contributed by atoms with Crippen LogP contribution < -0.4 is 16.2 Å². The van der Waals surface area contributed by atoms with Crippen molar-refractivity contribution in [2.24, 2.45) is 5.84 Å². The number of hydrazine groups is 1. The molecule has 1 fully saturated rings. The first-order valence-corrected chi connectivity index (χ1v) is 6.97. The predicted molar refractivity (Wildman–Crippen MR) is 78.3 cm³/mol. The molecular formula is C13H24N6. The van der Waals surface area contributed by atoms with Gasteiger partial charge in [-0.1, -0.05) is 20.8 Å². The maximum absolute atomic E-state index is 5.49. The van der Waals surface area contributed by atoms with Gasteiger partial charge in [-0.15, -0.1) is 0 Å². The summed E-state index contributed by atoms with van der Waals surface area (Å²) in [7, 11) is 0. The fourth-order valence-electron chi connectivity index (χ4n) is 2.24. The van der Waals surface area contributed by atoms with Crippen molar-refractivity contribution < 1.29 is 0 Å². The summed E-state index contributed by atoms with van der Waals surface area (Å²) in [5.41, 5.74) is 2.63. The second-order valence-electron chi connectivity index (χ2n) is 5.19. The van der Waals surface area contributed by atoms with E-state index in [4.69, 9.17) is 5.84 Å². The largest absolute Gasteiger partial charge is 0.354 e. The standard InChI is InChI=1S/C13H24N6/c1-4-18-5-7-19(8-6-18)12-9-11(17-14)15-13(16-12)10(2)3/h9-10H,4-8,14H2,1-3H3,(H,15,16,17). The molecule has 2 rings (SSSR count). The lowest BCUT2D eigenvalue weighted by molar-refractivity contribution is 0.270. The molecule has 6 heteroatoms. The Bertz CT molecular complexity index is 412. The molecule has 1 saturated heterocycles. The lowest BCUT2D eigenvalue weighted by Gasteiger charge is -2.35. The highest BCUT2D eigenvalue weighted by molar-refractivity contribution is 5.49. The van der Waals surface area contributed by atoms with Crippen molar-refractivity contribution in [1.82, 2.24) is 14.9 Å². The van der Waals surface area contributed by atoms with Gasteiger partial charge < -0.3 is 15.2 Å². The van der Waals surface area contributed by atoms with Gasteiger partial charge in [-0.25, -0.2) is 15.8 Å². The summed E-state index contributed by atoms with van der Waals surface area (Å²) in [6.45, 7) is 11.7. The molecule has 3 N–H and O–H groups in total. The normalized spacial score (nSPS) is 17.0. The summed E-state index contributed by atoms with van der Waals surface area (Å²) in [5, 5.41) is 0. The molecule has 0 spiro atoms. The number of nitrogens with two attached hydrogens (primary N) is 1. The van der Waals surface area contributed by atoms with E-state index >= 15 is 0 Å². The minimum Gasteiger partial charge on any atom is -0.354 e. The molecule has 0 aliphatic carbocycles. The van der Waals surface area contributed by atoms with Crippen LogP contribution in [-0.4, -0.2) is 47.6 Å². The monoisotopic (exact) mass is 264 g/mol. The molecule has 1 aromatic heterocycles. The number of rotatable bonds is 4. The van der Waals surface area contributed by atoms with Gasteiger partial charge in [-0.2, -0.15) is 0 Å². The Morgan fingerprint density at radius 3 is 2.47 bits per heavy atom. The van der Waals surface area contributed by atoms with Crippen LogP contribution in [0.1, 0.15) is 32.5 Å². The summed E-state index contributed by atoms with van der Waals surface area (Å²) >= 11 is 0. The van der Waals surface area contributed by atoms with Crippen molar-refractivity contribution in [3.05, 3.63) is 11.9 Å². The molecule has 106 valence electrons. The number of nitrogens with zero attached hydrogens (tertiary/aromatic N) is 4. The van der Waals surface area contributed by atoms with Crippen molar-refractivity contribution in [1.29, 1.82) is 0 Å². The van der Waals surface area contributed by atoms with Gasteiger partial charge in [-0.05, 0) is 6.54 Å². The summed E-state index contributed by atoms with van der Waals surface area (Å²) in [6, 6.07) is 1.92. The molecule has 1 aliphatic heterocycles. The van der Waals surface area contributed by atoms with E-state index in [1.807, 2.05) is 6.07 Å². The number of aromatic nitrogens is 2. The van der Waals surface area contributed by atoms with E-state index in [1.165, 1.54) is 0 Å². The van der Waals surface area contributed by atoms with Crippen LogP contribution in [0.5, 0.6) is 0 Å². The molecule has 0 unspecified atom stereocenters. The number of nitrogen functional groups attached to an aromatic ring is 1. The highest BCUT2D eigenvalue weighted by atomic mass is 15.3. The van der Waals surface area contributed by atoms with Crippen molar-refractivity contribution in [3.63, 3.8) is 0 Å². The Morgan fingerprint density at radius 1 is 1.26 bits per heavy atom. The minimum absolute atomic E-state index is 0.295. The van der Waals surface area contributed by atoms with Crippen LogP contribution in [-0.2, 0) is 0 Å². The highest BCUT2D eigenvalue weighted by Crippen LogP contribution is 2.20. The molecule has 0 radical (unpaired) electrons. The first kappa shape index (κ1) is 14.0. The van der Waals surface area contributed by atoms with Gasteiger partial charge in [0, 0.05) is 38.2 Å². The van der Waals surface area contributed by atoms with Crippen LogP contribution in [0.25, 0.3) is 0 Å². The Hall–Kier alpha value is -1.40. The quantitative estimate of drug-likeness (QED) is 0.625. The van der Waals surface area contributed by atoms with Crippen LogP contribution >= 0.6 is 0 Å².